The van der Waals surface area contributed by atoms with Gasteiger partial charge in [-0.25, -0.2) is 9.97 Å². The lowest BCUT2D eigenvalue weighted by Gasteiger charge is -2.20. The van der Waals surface area contributed by atoms with Crippen molar-refractivity contribution in [1.82, 2.24) is 9.97 Å². The third kappa shape index (κ3) is 4.87. The van der Waals surface area contributed by atoms with Crippen molar-refractivity contribution in [2.45, 2.75) is 39.1 Å². The van der Waals surface area contributed by atoms with E-state index in [1.807, 2.05) is 20.8 Å². The Labute approximate surface area is 130 Å². The maximum atomic E-state index is 12.5. The largest absolute Gasteiger partial charge is 0.472 e. The maximum Gasteiger partial charge on any atom is 0.434 e. The lowest BCUT2D eigenvalue weighted by atomic mass is 10.2. The molecule has 0 aliphatic rings. The molecule has 120 valence electrons. The molecule has 0 aliphatic carbocycles. The average molecular weight is 331 g/mol. The fraction of sp³-hybridized carbons (Fsp3) is 0.429. The van der Waals surface area contributed by atoms with Gasteiger partial charge in [0.1, 0.15) is 5.60 Å². The van der Waals surface area contributed by atoms with Crippen LogP contribution >= 0.6 is 11.3 Å². The van der Waals surface area contributed by atoms with Crippen molar-refractivity contribution in [2.75, 3.05) is 5.32 Å². The first-order valence-electron chi connectivity index (χ1n) is 6.54. The molecule has 0 fully saturated rings. The van der Waals surface area contributed by atoms with Crippen LogP contribution in [0.5, 0.6) is 5.88 Å². The Morgan fingerprint density at radius 3 is 2.59 bits per heavy atom. The van der Waals surface area contributed by atoms with E-state index in [1.165, 1.54) is 0 Å². The van der Waals surface area contributed by atoms with Crippen LogP contribution in [0.15, 0.2) is 23.7 Å². The van der Waals surface area contributed by atoms with E-state index in [0.29, 0.717) is 12.4 Å². The molecule has 0 saturated heterocycles. The molecule has 0 aromatic carbocycles. The molecule has 0 bridgehead atoms. The maximum absolute atomic E-state index is 12.5. The second-order valence-corrected chi connectivity index (χ2v) is 6.46. The molecule has 0 atom stereocenters. The Balaban J connectivity index is 2.00. The van der Waals surface area contributed by atoms with E-state index in [1.54, 1.807) is 18.3 Å². The van der Waals surface area contributed by atoms with Crippen molar-refractivity contribution in [3.8, 4) is 5.88 Å². The van der Waals surface area contributed by atoms with Crippen LogP contribution in [0.4, 0.5) is 18.3 Å². The van der Waals surface area contributed by atoms with Crippen LogP contribution in [0.2, 0.25) is 0 Å². The van der Waals surface area contributed by atoms with Crippen molar-refractivity contribution >= 4 is 16.5 Å². The van der Waals surface area contributed by atoms with Gasteiger partial charge in [0.15, 0.2) is 10.8 Å². The van der Waals surface area contributed by atoms with Gasteiger partial charge >= 0.3 is 6.18 Å². The van der Waals surface area contributed by atoms with Gasteiger partial charge < -0.3 is 10.1 Å². The molecule has 0 saturated carbocycles. The smallest absolute Gasteiger partial charge is 0.434 e. The highest BCUT2D eigenvalue weighted by Gasteiger charge is 2.33. The number of aromatic nitrogens is 2. The van der Waals surface area contributed by atoms with Crippen molar-refractivity contribution < 1.29 is 17.9 Å². The zero-order chi connectivity index (χ0) is 16.4. The van der Waals surface area contributed by atoms with E-state index >= 15 is 0 Å². The number of ether oxygens (including phenoxy) is 1. The van der Waals surface area contributed by atoms with Crippen LogP contribution in [0.25, 0.3) is 0 Å². The summed E-state index contributed by atoms with van der Waals surface area (Å²) < 4.78 is 43.0. The molecule has 4 nitrogen and oxygen atoms in total. The number of nitrogens with one attached hydrogen (secondary N) is 1. The number of halogens is 3. The summed E-state index contributed by atoms with van der Waals surface area (Å²) in [5.41, 5.74) is -0.403. The predicted molar refractivity (Wildman–Crippen MR) is 79.1 cm³/mol. The number of hydrogen-bond acceptors (Lipinski definition) is 5. The van der Waals surface area contributed by atoms with E-state index in [2.05, 4.69) is 15.3 Å². The Bertz CT molecular complexity index is 635. The first-order valence-corrected chi connectivity index (χ1v) is 7.42. The van der Waals surface area contributed by atoms with Crippen LogP contribution in [0.1, 0.15) is 32.0 Å². The number of alkyl halides is 3. The van der Waals surface area contributed by atoms with Crippen LogP contribution in [0.3, 0.4) is 0 Å². The lowest BCUT2D eigenvalue weighted by molar-refractivity contribution is -0.140. The van der Waals surface area contributed by atoms with Crippen LogP contribution in [-0.2, 0) is 12.7 Å². The van der Waals surface area contributed by atoms with Crippen LogP contribution < -0.4 is 10.1 Å². The Hall–Kier alpha value is -1.83. The summed E-state index contributed by atoms with van der Waals surface area (Å²) in [5, 5.41) is 4.08. The minimum absolute atomic E-state index is 0.224. The highest BCUT2D eigenvalue weighted by Crippen LogP contribution is 2.31. The van der Waals surface area contributed by atoms with Gasteiger partial charge in [0, 0.05) is 24.2 Å². The molecule has 1 N–H and O–H groups in total. The minimum Gasteiger partial charge on any atom is -0.472 e. The van der Waals surface area contributed by atoms with E-state index in [4.69, 9.17) is 4.74 Å². The number of nitrogens with zero attached hydrogens (tertiary/aromatic N) is 2. The molecule has 8 heteroatoms. The summed E-state index contributed by atoms with van der Waals surface area (Å²) in [6.07, 6.45) is -2.82. The standard InChI is InChI=1S/C14H16F3N3OS/c1-13(2,3)21-11-6-9(4-5-18-11)7-19-12-20-10(8-22-12)14(15,16)17/h4-6,8H,7H2,1-3H3,(H,19,20). The second kappa shape index (κ2) is 6.12. The molecule has 0 radical (unpaired) electrons. The van der Waals surface area contributed by atoms with Gasteiger partial charge in [-0.3, -0.25) is 0 Å². The Kier molecular flexibility index (Phi) is 4.60. The quantitative estimate of drug-likeness (QED) is 0.905. The number of rotatable bonds is 4. The topological polar surface area (TPSA) is 47.0 Å². The van der Waals surface area contributed by atoms with Gasteiger partial charge in [0.05, 0.1) is 0 Å². The fourth-order valence-electron chi connectivity index (χ4n) is 1.59. The predicted octanol–water partition coefficient (Wildman–Crippen LogP) is 4.35. The first-order chi connectivity index (χ1) is 10.1. The zero-order valence-electron chi connectivity index (χ0n) is 12.4. The first kappa shape index (κ1) is 16.5. The molecule has 0 unspecified atom stereocenters. The molecule has 0 aliphatic heterocycles. The van der Waals surface area contributed by atoms with E-state index in [0.717, 1.165) is 22.3 Å². The van der Waals surface area contributed by atoms with Crippen molar-refractivity contribution in [2.24, 2.45) is 0 Å². The number of thiazole rings is 1. The van der Waals surface area contributed by atoms with E-state index in [9.17, 15) is 13.2 Å². The van der Waals surface area contributed by atoms with Crippen molar-refractivity contribution in [1.29, 1.82) is 0 Å². The molecule has 0 amide bonds. The second-order valence-electron chi connectivity index (χ2n) is 5.61. The SMILES string of the molecule is CC(C)(C)Oc1cc(CNc2nc(C(F)(F)F)cs2)ccn1. The van der Waals surface area contributed by atoms with Gasteiger partial charge in [-0.1, -0.05) is 0 Å². The van der Waals surface area contributed by atoms with E-state index < -0.39 is 11.9 Å². The summed E-state index contributed by atoms with van der Waals surface area (Å²) in [6, 6.07) is 3.51. The third-order valence-electron chi connectivity index (χ3n) is 2.45. The van der Waals surface area contributed by atoms with Gasteiger partial charge in [-0.2, -0.15) is 13.2 Å². The zero-order valence-corrected chi connectivity index (χ0v) is 13.2. The monoisotopic (exact) mass is 331 g/mol. The van der Waals surface area contributed by atoms with Gasteiger partial charge in [-0.15, -0.1) is 11.3 Å². The average Bonchev–Trinajstić information content (AvgIpc) is 2.83. The Morgan fingerprint density at radius 2 is 2.00 bits per heavy atom. The van der Waals surface area contributed by atoms with E-state index in [-0.39, 0.29) is 10.7 Å². The summed E-state index contributed by atoms with van der Waals surface area (Å²) >= 11 is 0.921. The number of pyridine rings is 1. The number of anilines is 1. The minimum atomic E-state index is -4.42. The van der Waals surface area contributed by atoms with Gasteiger partial charge in [0.25, 0.3) is 0 Å². The Morgan fingerprint density at radius 1 is 1.27 bits per heavy atom. The summed E-state index contributed by atoms with van der Waals surface area (Å²) in [4.78, 5) is 7.62. The summed E-state index contributed by atoms with van der Waals surface area (Å²) in [6.45, 7) is 6.07. The van der Waals surface area contributed by atoms with Crippen molar-refractivity contribution in [3.05, 3.63) is 35.0 Å². The third-order valence-corrected chi connectivity index (χ3v) is 3.25. The normalized spacial score (nSPS) is 12.3. The molecular weight excluding hydrogens is 315 g/mol. The number of hydrogen-bond donors (Lipinski definition) is 1. The highest BCUT2D eigenvalue weighted by molar-refractivity contribution is 7.13. The molecule has 2 aromatic heterocycles. The molecular formula is C14H16F3N3OS. The molecule has 0 spiro atoms. The van der Waals surface area contributed by atoms with Gasteiger partial charge in [0.2, 0.25) is 5.88 Å². The van der Waals surface area contributed by atoms with Gasteiger partial charge in [-0.05, 0) is 32.4 Å². The summed E-state index contributed by atoms with van der Waals surface area (Å²) in [5.74, 6) is 0.474. The molecule has 2 heterocycles. The molecule has 22 heavy (non-hydrogen) atoms. The van der Waals surface area contributed by atoms with Crippen LogP contribution in [0, 0.1) is 0 Å². The molecule has 2 aromatic rings. The molecule has 2 rings (SSSR count). The lowest BCUT2D eigenvalue weighted by Crippen LogP contribution is -2.23. The summed E-state index contributed by atoms with van der Waals surface area (Å²) in [7, 11) is 0. The fourth-order valence-corrected chi connectivity index (χ4v) is 2.31. The highest BCUT2D eigenvalue weighted by atomic mass is 32.1. The van der Waals surface area contributed by atoms with Crippen molar-refractivity contribution in [3.63, 3.8) is 0 Å². The van der Waals surface area contributed by atoms with Crippen LogP contribution in [-0.4, -0.2) is 15.6 Å².